The van der Waals surface area contributed by atoms with Crippen LogP contribution in [-0.2, 0) is 0 Å². The van der Waals surface area contributed by atoms with E-state index in [0.717, 1.165) is 0 Å². The molecule has 0 unspecified atom stereocenters. The molecule has 0 N–H and O–H groups in total. The van der Waals surface area contributed by atoms with Gasteiger partial charge >= 0.3 is 0 Å². The van der Waals surface area contributed by atoms with Gasteiger partial charge in [-0.3, -0.25) is 0 Å². The highest BCUT2D eigenvalue weighted by Gasteiger charge is 1.59. The average molecular weight is 128 g/mol. The van der Waals surface area contributed by atoms with Gasteiger partial charge in [-0.25, -0.2) is 0 Å². The second-order valence-corrected chi connectivity index (χ2v) is 0.914. The molecule has 0 aliphatic heterocycles. The van der Waals surface area contributed by atoms with Crippen molar-refractivity contribution < 1.29 is 0 Å². The van der Waals surface area contributed by atoms with Crippen molar-refractivity contribution in [1.29, 1.82) is 0 Å². The Kier molecular flexibility index (Phi) is 5.97. The topological polar surface area (TPSA) is 25.8 Å². The Hall–Kier alpha value is -0.570. The van der Waals surface area contributed by atoms with Gasteiger partial charge in [0.25, 0.3) is 0 Å². The van der Waals surface area contributed by atoms with Crippen molar-refractivity contribution in [2.75, 3.05) is 6.26 Å². The maximum absolute atomic E-state index is 3.53. The predicted octanol–water partition coefficient (Wildman–Crippen LogP) is 1.02. The number of hydrogen-bond acceptors (Lipinski definition) is 3. The van der Waals surface area contributed by atoms with Crippen LogP contribution in [0, 0.1) is 0 Å². The normalized spacial score (nSPS) is 6.75. The summed E-state index contributed by atoms with van der Waals surface area (Å²) in [5.74, 6) is 0. The van der Waals surface area contributed by atoms with Gasteiger partial charge in [0.2, 0.25) is 0 Å². The first-order chi connectivity index (χ1) is 4.00. The zero-order valence-corrected chi connectivity index (χ0v) is 5.55. The van der Waals surface area contributed by atoms with E-state index in [9.17, 15) is 0 Å². The lowest BCUT2D eigenvalue weighted by molar-refractivity contribution is 1.03. The molecule has 0 amide bonds. The van der Waals surface area contributed by atoms with Crippen LogP contribution in [0.3, 0.4) is 0 Å². The van der Waals surface area contributed by atoms with Crippen LogP contribution < -0.4 is 0 Å². The molecule has 0 saturated carbocycles. The second-order valence-electron chi connectivity index (χ2n) is 0.914. The minimum atomic E-state index is 1.64. The summed E-state index contributed by atoms with van der Waals surface area (Å²) in [5, 5.41) is 7.07. The Morgan fingerprint density at radius 2 is 1.38 bits per heavy atom. The molecular weight excluding hydrogens is 120 g/mol. The largest absolute Gasteiger partial charge is 0.183 e. The van der Waals surface area contributed by atoms with Crippen LogP contribution in [0.1, 0.15) is 0 Å². The summed E-state index contributed by atoms with van der Waals surface area (Å²) in [6.45, 7) is 0. The molecule has 0 aliphatic carbocycles. The molecule has 1 heterocycles. The molecule has 0 fully saturated rings. The van der Waals surface area contributed by atoms with E-state index in [4.69, 9.17) is 0 Å². The molecule has 1 aromatic heterocycles. The van der Waals surface area contributed by atoms with E-state index in [1.54, 1.807) is 18.6 Å². The Morgan fingerprint density at radius 1 is 1.00 bits per heavy atom. The summed E-state index contributed by atoms with van der Waals surface area (Å²) in [6, 6.07) is 3.65. The quantitative estimate of drug-likeness (QED) is 0.528. The van der Waals surface area contributed by atoms with E-state index in [1.165, 1.54) is 0 Å². The highest BCUT2D eigenvalue weighted by Crippen LogP contribution is 1.68. The van der Waals surface area contributed by atoms with Gasteiger partial charge in [0.15, 0.2) is 0 Å². The summed E-state index contributed by atoms with van der Waals surface area (Å²) < 4.78 is 0. The van der Waals surface area contributed by atoms with Gasteiger partial charge in [0, 0.05) is 12.4 Å². The molecule has 0 bridgehead atoms. The molecule has 1 rings (SSSR count). The number of hydrogen-bond donors (Lipinski definition) is 1. The summed E-state index contributed by atoms with van der Waals surface area (Å²) >= 11 is 3.53. The summed E-state index contributed by atoms with van der Waals surface area (Å²) in [5.41, 5.74) is 0. The van der Waals surface area contributed by atoms with Gasteiger partial charge < -0.3 is 0 Å². The molecule has 0 saturated heterocycles. The monoisotopic (exact) mass is 128 g/mol. The number of nitrogens with zero attached hydrogens (tertiary/aromatic N) is 2. The highest BCUT2D eigenvalue weighted by atomic mass is 32.1. The Labute approximate surface area is 54.4 Å². The van der Waals surface area contributed by atoms with Gasteiger partial charge in [0.1, 0.15) is 0 Å². The lowest BCUT2D eigenvalue weighted by Gasteiger charge is -1.69. The van der Waals surface area contributed by atoms with Crippen LogP contribution in [0.5, 0.6) is 0 Å². The first-order valence-corrected chi connectivity index (χ1v) is 3.06. The zero-order chi connectivity index (χ0) is 6.24. The lowest BCUT2D eigenvalue weighted by atomic mass is 10.6. The van der Waals surface area contributed by atoms with Gasteiger partial charge in [-0.05, 0) is 18.4 Å². The fourth-order valence-corrected chi connectivity index (χ4v) is 0.253. The summed E-state index contributed by atoms with van der Waals surface area (Å²) in [6.07, 6.45) is 4.97. The minimum absolute atomic E-state index is 1.64. The van der Waals surface area contributed by atoms with Crippen molar-refractivity contribution in [1.82, 2.24) is 10.2 Å². The molecule has 2 nitrogen and oxygen atoms in total. The van der Waals surface area contributed by atoms with Crippen LogP contribution in [0.4, 0.5) is 0 Å². The average Bonchev–Trinajstić information content (AvgIpc) is 1.96. The van der Waals surface area contributed by atoms with Gasteiger partial charge in [0.05, 0.1) is 0 Å². The van der Waals surface area contributed by atoms with Gasteiger partial charge in [-0.15, -0.1) is 0 Å². The smallest absolute Gasteiger partial charge is 0.0496 e. The molecule has 0 spiro atoms. The molecule has 8 heavy (non-hydrogen) atoms. The van der Waals surface area contributed by atoms with Crippen molar-refractivity contribution in [2.24, 2.45) is 0 Å². The first-order valence-electron chi connectivity index (χ1n) is 2.16. The van der Waals surface area contributed by atoms with E-state index in [1.807, 2.05) is 12.1 Å². The fraction of sp³-hybridized carbons (Fsp3) is 0.200. The van der Waals surface area contributed by atoms with Crippen LogP contribution in [-0.4, -0.2) is 16.5 Å². The van der Waals surface area contributed by atoms with E-state index in [2.05, 4.69) is 22.8 Å². The molecule has 0 atom stereocenters. The zero-order valence-electron chi connectivity index (χ0n) is 4.65. The Bertz CT molecular complexity index is 82.4. The van der Waals surface area contributed by atoms with Crippen molar-refractivity contribution in [3.8, 4) is 0 Å². The van der Waals surface area contributed by atoms with Crippen LogP contribution in [0.15, 0.2) is 24.5 Å². The van der Waals surface area contributed by atoms with E-state index in [-0.39, 0.29) is 0 Å². The maximum atomic E-state index is 3.53. The van der Waals surface area contributed by atoms with E-state index < -0.39 is 0 Å². The molecule has 3 heteroatoms. The SMILES string of the molecule is CS.c1ccnnc1. The van der Waals surface area contributed by atoms with Crippen LogP contribution in [0.2, 0.25) is 0 Å². The molecule has 1 aromatic rings. The van der Waals surface area contributed by atoms with Gasteiger partial charge in [-0.1, -0.05) is 0 Å². The molecule has 0 radical (unpaired) electrons. The Morgan fingerprint density at radius 3 is 1.50 bits per heavy atom. The van der Waals surface area contributed by atoms with Crippen molar-refractivity contribution in [3.05, 3.63) is 24.5 Å². The first kappa shape index (κ1) is 7.43. The third kappa shape index (κ3) is 3.61. The van der Waals surface area contributed by atoms with Crippen molar-refractivity contribution >= 4 is 12.6 Å². The van der Waals surface area contributed by atoms with Crippen molar-refractivity contribution in [2.45, 2.75) is 0 Å². The maximum Gasteiger partial charge on any atom is 0.0496 e. The van der Waals surface area contributed by atoms with Crippen LogP contribution in [0.25, 0.3) is 0 Å². The Balaban J connectivity index is 0.000000222. The van der Waals surface area contributed by atoms with E-state index in [0.29, 0.717) is 0 Å². The number of thiol groups is 1. The lowest BCUT2D eigenvalue weighted by Crippen LogP contribution is -1.69. The third-order valence-electron chi connectivity index (χ3n) is 0.483. The van der Waals surface area contributed by atoms with Gasteiger partial charge in [-0.2, -0.15) is 22.8 Å². The minimum Gasteiger partial charge on any atom is -0.183 e. The third-order valence-corrected chi connectivity index (χ3v) is 0.483. The second kappa shape index (κ2) is 6.43. The molecule has 44 valence electrons. The highest BCUT2D eigenvalue weighted by molar-refractivity contribution is 7.79. The van der Waals surface area contributed by atoms with Crippen molar-refractivity contribution in [3.63, 3.8) is 0 Å². The standard InChI is InChI=1S/C4H4N2.CH4S/c1-2-4-6-5-3-1;1-2/h1-4H;2H,1H3. The fourth-order valence-electron chi connectivity index (χ4n) is 0.253. The van der Waals surface area contributed by atoms with E-state index >= 15 is 0 Å². The summed E-state index contributed by atoms with van der Waals surface area (Å²) in [4.78, 5) is 0. The molecular formula is C5H8N2S. The number of aromatic nitrogens is 2. The molecule has 0 aliphatic rings. The summed E-state index contributed by atoms with van der Waals surface area (Å²) in [7, 11) is 0. The predicted molar refractivity (Wildman–Crippen MR) is 36.9 cm³/mol. The van der Waals surface area contributed by atoms with Crippen LogP contribution >= 0.6 is 12.6 Å². The number of rotatable bonds is 0. The molecule has 0 aromatic carbocycles.